The normalized spacial score (nSPS) is 48.0. The fourth-order valence-electron chi connectivity index (χ4n) is 4.22. The molecule has 100 valence electrons. The summed E-state index contributed by atoms with van der Waals surface area (Å²) in [4.78, 5) is 0. The Morgan fingerprint density at radius 1 is 0.824 bits per heavy atom. The van der Waals surface area contributed by atoms with Crippen LogP contribution in [-0.2, 0) is 0 Å². The van der Waals surface area contributed by atoms with Gasteiger partial charge in [0, 0.05) is 12.1 Å². The van der Waals surface area contributed by atoms with Crippen molar-refractivity contribution in [2.24, 2.45) is 22.3 Å². The van der Waals surface area contributed by atoms with E-state index >= 15 is 0 Å². The van der Waals surface area contributed by atoms with Gasteiger partial charge in [0.1, 0.15) is 0 Å². The number of hydrogen-bond acceptors (Lipinski definition) is 2. The predicted molar refractivity (Wildman–Crippen MR) is 73.7 cm³/mol. The minimum Gasteiger partial charge on any atom is -0.327 e. The van der Waals surface area contributed by atoms with Gasteiger partial charge in [-0.05, 0) is 42.9 Å². The molecule has 0 aromatic heterocycles. The molecule has 0 saturated heterocycles. The fraction of sp³-hybridized carbons (Fsp3) is 1.00. The van der Waals surface area contributed by atoms with E-state index in [1.165, 1.54) is 57.8 Å². The molecular formula is C15H30N2. The summed E-state index contributed by atoms with van der Waals surface area (Å²) in [6.45, 7) is 4.81. The maximum atomic E-state index is 6.39. The van der Waals surface area contributed by atoms with Crippen LogP contribution in [0.1, 0.15) is 71.6 Å². The molecule has 17 heavy (non-hydrogen) atoms. The first-order valence-electron chi connectivity index (χ1n) is 7.47. The van der Waals surface area contributed by atoms with Crippen LogP contribution in [0.2, 0.25) is 0 Å². The van der Waals surface area contributed by atoms with Crippen molar-refractivity contribution in [3.05, 3.63) is 0 Å². The summed E-state index contributed by atoms with van der Waals surface area (Å²) in [5.74, 6) is 0. The van der Waals surface area contributed by atoms with Crippen molar-refractivity contribution in [3.8, 4) is 0 Å². The van der Waals surface area contributed by atoms with E-state index in [2.05, 4.69) is 13.8 Å². The average molecular weight is 238 g/mol. The molecule has 0 aromatic carbocycles. The van der Waals surface area contributed by atoms with Gasteiger partial charge in [-0.3, -0.25) is 0 Å². The Balaban J connectivity index is 2.07. The summed E-state index contributed by atoms with van der Waals surface area (Å²) in [6.07, 6.45) is 11.6. The summed E-state index contributed by atoms with van der Waals surface area (Å²) < 4.78 is 0. The lowest BCUT2D eigenvalue weighted by Crippen LogP contribution is -2.50. The summed E-state index contributed by atoms with van der Waals surface area (Å²) in [6, 6.07) is 0.782. The van der Waals surface area contributed by atoms with Crippen molar-refractivity contribution in [2.75, 3.05) is 0 Å². The third-order valence-electron chi connectivity index (χ3n) is 5.62. The number of nitrogens with two attached hydrogens (primary N) is 2. The molecule has 2 rings (SSSR count). The molecule has 2 heteroatoms. The summed E-state index contributed by atoms with van der Waals surface area (Å²) in [7, 11) is 0. The highest BCUT2D eigenvalue weighted by Gasteiger charge is 2.43. The standard InChI is InChI=1S/C15H30N2/c1-14(9-5-3-7-12(14)16)11-15(2)10-6-4-8-13(15)17/h12-13H,3-11,16-17H2,1-2H3. The van der Waals surface area contributed by atoms with Crippen LogP contribution in [0.25, 0.3) is 0 Å². The van der Waals surface area contributed by atoms with Crippen LogP contribution in [0.4, 0.5) is 0 Å². The number of hydrogen-bond donors (Lipinski definition) is 2. The van der Waals surface area contributed by atoms with Crippen molar-refractivity contribution in [3.63, 3.8) is 0 Å². The first-order chi connectivity index (χ1) is 7.96. The molecule has 0 heterocycles. The average Bonchev–Trinajstić information content (AvgIpc) is 2.27. The Morgan fingerprint density at radius 2 is 1.24 bits per heavy atom. The van der Waals surface area contributed by atoms with Gasteiger partial charge in [0.25, 0.3) is 0 Å². The molecule has 2 fully saturated rings. The van der Waals surface area contributed by atoms with Crippen LogP contribution in [0.15, 0.2) is 0 Å². The van der Waals surface area contributed by atoms with Gasteiger partial charge in [-0.15, -0.1) is 0 Å². The first kappa shape index (κ1) is 13.4. The van der Waals surface area contributed by atoms with E-state index in [-0.39, 0.29) is 0 Å². The molecule has 0 aliphatic heterocycles. The van der Waals surface area contributed by atoms with Gasteiger partial charge in [-0.2, -0.15) is 0 Å². The molecule has 0 radical (unpaired) electrons. The highest BCUT2D eigenvalue weighted by molar-refractivity contribution is 4.98. The van der Waals surface area contributed by atoms with Crippen LogP contribution in [-0.4, -0.2) is 12.1 Å². The fourth-order valence-corrected chi connectivity index (χ4v) is 4.22. The third kappa shape index (κ3) is 2.68. The maximum Gasteiger partial charge on any atom is 0.00931 e. The molecule has 0 bridgehead atoms. The van der Waals surface area contributed by atoms with Gasteiger partial charge in [0.05, 0.1) is 0 Å². The Bertz CT molecular complexity index is 240. The van der Waals surface area contributed by atoms with Crippen molar-refractivity contribution in [2.45, 2.75) is 83.7 Å². The molecule has 4 N–H and O–H groups in total. The van der Waals surface area contributed by atoms with Crippen LogP contribution < -0.4 is 11.5 Å². The first-order valence-corrected chi connectivity index (χ1v) is 7.47. The predicted octanol–water partition coefficient (Wildman–Crippen LogP) is 3.19. The maximum absolute atomic E-state index is 6.39. The lowest BCUT2D eigenvalue weighted by atomic mass is 9.59. The molecule has 0 aromatic rings. The summed E-state index contributed by atoms with van der Waals surface area (Å²) in [5, 5.41) is 0. The molecule has 4 atom stereocenters. The molecule has 4 unspecified atom stereocenters. The summed E-state index contributed by atoms with van der Waals surface area (Å²) >= 11 is 0. The van der Waals surface area contributed by atoms with Gasteiger partial charge in [0.2, 0.25) is 0 Å². The van der Waals surface area contributed by atoms with Crippen LogP contribution >= 0.6 is 0 Å². The van der Waals surface area contributed by atoms with Gasteiger partial charge in [-0.1, -0.05) is 39.5 Å². The molecule has 2 saturated carbocycles. The van der Waals surface area contributed by atoms with Crippen molar-refractivity contribution < 1.29 is 0 Å². The minimum atomic E-state index is 0.335. The van der Waals surface area contributed by atoms with E-state index in [1.54, 1.807) is 0 Å². The SMILES string of the molecule is CC1(CC2(C)CCCCC2N)CCCCC1N. The van der Waals surface area contributed by atoms with Gasteiger partial charge < -0.3 is 11.5 Å². The van der Waals surface area contributed by atoms with E-state index in [1.807, 2.05) is 0 Å². The van der Waals surface area contributed by atoms with E-state index < -0.39 is 0 Å². The molecule has 2 nitrogen and oxygen atoms in total. The highest BCUT2D eigenvalue weighted by atomic mass is 14.7. The molecule has 2 aliphatic rings. The van der Waals surface area contributed by atoms with E-state index in [4.69, 9.17) is 11.5 Å². The Hall–Kier alpha value is -0.0800. The largest absolute Gasteiger partial charge is 0.327 e. The monoisotopic (exact) mass is 238 g/mol. The summed E-state index contributed by atoms with van der Waals surface area (Å²) in [5.41, 5.74) is 13.5. The Kier molecular flexibility index (Phi) is 3.84. The third-order valence-corrected chi connectivity index (χ3v) is 5.62. The second kappa shape index (κ2) is 4.89. The highest BCUT2D eigenvalue weighted by Crippen LogP contribution is 2.49. The second-order valence-corrected chi connectivity index (χ2v) is 7.19. The molecule has 2 aliphatic carbocycles. The second-order valence-electron chi connectivity index (χ2n) is 7.19. The zero-order valence-electron chi connectivity index (χ0n) is 11.7. The van der Waals surface area contributed by atoms with Crippen molar-refractivity contribution in [1.82, 2.24) is 0 Å². The van der Waals surface area contributed by atoms with E-state index in [0.717, 1.165) is 0 Å². The van der Waals surface area contributed by atoms with Crippen molar-refractivity contribution >= 4 is 0 Å². The van der Waals surface area contributed by atoms with Gasteiger partial charge in [0.15, 0.2) is 0 Å². The van der Waals surface area contributed by atoms with E-state index in [9.17, 15) is 0 Å². The minimum absolute atomic E-state index is 0.335. The quantitative estimate of drug-likeness (QED) is 0.776. The lowest BCUT2D eigenvalue weighted by Gasteiger charge is -2.49. The smallest absolute Gasteiger partial charge is 0.00931 e. The molecule has 0 spiro atoms. The van der Waals surface area contributed by atoms with Crippen molar-refractivity contribution in [1.29, 1.82) is 0 Å². The molecule has 0 amide bonds. The zero-order valence-corrected chi connectivity index (χ0v) is 11.7. The van der Waals surface area contributed by atoms with E-state index in [0.29, 0.717) is 22.9 Å². The Labute approximate surface area is 107 Å². The zero-order chi connectivity index (χ0) is 12.5. The number of rotatable bonds is 2. The van der Waals surface area contributed by atoms with Crippen LogP contribution in [0, 0.1) is 10.8 Å². The molecular weight excluding hydrogens is 208 g/mol. The lowest BCUT2D eigenvalue weighted by molar-refractivity contribution is 0.0514. The van der Waals surface area contributed by atoms with Gasteiger partial charge >= 0.3 is 0 Å². The van der Waals surface area contributed by atoms with Gasteiger partial charge in [-0.25, -0.2) is 0 Å². The topological polar surface area (TPSA) is 52.0 Å². The van der Waals surface area contributed by atoms with Crippen LogP contribution in [0.3, 0.4) is 0 Å². The van der Waals surface area contributed by atoms with Crippen LogP contribution in [0.5, 0.6) is 0 Å². The Morgan fingerprint density at radius 3 is 1.59 bits per heavy atom.